The Morgan fingerprint density at radius 2 is 1.86 bits per heavy atom. The lowest BCUT2D eigenvalue weighted by Crippen LogP contribution is -2.30. The number of ether oxygens (including phenoxy) is 1. The molecule has 0 unspecified atom stereocenters. The Bertz CT molecular complexity index is 498. The largest absolute Gasteiger partial charge is 0.494 e. The lowest BCUT2D eigenvalue weighted by atomic mass is 10.2. The molecule has 0 amide bonds. The molecule has 0 saturated carbocycles. The van der Waals surface area contributed by atoms with Crippen LogP contribution in [0.1, 0.15) is 25.3 Å². The third kappa shape index (κ3) is 6.93. The van der Waals surface area contributed by atoms with Gasteiger partial charge in [-0.25, -0.2) is 12.7 Å². The molecule has 0 radical (unpaired) electrons. The van der Waals surface area contributed by atoms with Gasteiger partial charge in [-0.3, -0.25) is 0 Å². The molecule has 1 rings (SSSR count). The fourth-order valence-electron chi connectivity index (χ4n) is 1.65. The Hall–Kier alpha value is -1.11. The first-order valence-electron chi connectivity index (χ1n) is 7.28. The van der Waals surface area contributed by atoms with Crippen molar-refractivity contribution in [1.29, 1.82) is 0 Å². The lowest BCUT2D eigenvalue weighted by molar-refractivity contribution is 0.309. The summed E-state index contributed by atoms with van der Waals surface area (Å²) in [7, 11) is -0.0249. The molecule has 1 aromatic carbocycles. The summed E-state index contributed by atoms with van der Waals surface area (Å²) in [5.74, 6) is 0.987. The van der Waals surface area contributed by atoms with E-state index in [2.05, 4.69) is 12.2 Å². The van der Waals surface area contributed by atoms with Crippen LogP contribution in [0.5, 0.6) is 5.75 Å². The molecule has 0 bridgehead atoms. The Morgan fingerprint density at radius 1 is 1.19 bits per heavy atom. The van der Waals surface area contributed by atoms with Crippen molar-refractivity contribution in [2.75, 3.05) is 33.0 Å². The summed E-state index contributed by atoms with van der Waals surface area (Å²) in [6.45, 7) is 3.97. The molecule has 5 nitrogen and oxygen atoms in total. The number of hydrogen-bond donors (Lipinski definition) is 1. The van der Waals surface area contributed by atoms with E-state index in [1.54, 1.807) is 14.1 Å². The van der Waals surface area contributed by atoms with Crippen molar-refractivity contribution in [3.05, 3.63) is 29.8 Å². The van der Waals surface area contributed by atoms with Crippen LogP contribution in [-0.2, 0) is 16.6 Å². The molecule has 0 saturated heterocycles. The SMILES string of the molecule is CCCCOc1ccc(CNCCS(=O)(=O)N(C)C)cc1. The van der Waals surface area contributed by atoms with Crippen molar-refractivity contribution in [1.82, 2.24) is 9.62 Å². The molecule has 0 aliphatic carbocycles. The van der Waals surface area contributed by atoms with Crippen LogP contribution in [0.4, 0.5) is 0 Å². The van der Waals surface area contributed by atoms with Gasteiger partial charge in [0.1, 0.15) is 5.75 Å². The molecule has 6 heteroatoms. The fourth-order valence-corrected chi connectivity index (χ4v) is 2.42. The molecule has 1 N–H and O–H groups in total. The second kappa shape index (κ2) is 9.02. The van der Waals surface area contributed by atoms with E-state index >= 15 is 0 Å². The Morgan fingerprint density at radius 3 is 2.43 bits per heavy atom. The second-order valence-corrected chi connectivity index (χ2v) is 7.42. The predicted octanol–water partition coefficient (Wildman–Crippen LogP) is 1.85. The second-order valence-electron chi connectivity index (χ2n) is 5.12. The van der Waals surface area contributed by atoms with E-state index in [0.29, 0.717) is 13.1 Å². The maximum absolute atomic E-state index is 11.6. The summed E-state index contributed by atoms with van der Waals surface area (Å²) in [6, 6.07) is 7.88. The first kappa shape index (κ1) is 17.9. The third-order valence-electron chi connectivity index (χ3n) is 3.11. The first-order chi connectivity index (χ1) is 9.95. The van der Waals surface area contributed by atoms with Crippen molar-refractivity contribution >= 4 is 10.0 Å². The van der Waals surface area contributed by atoms with E-state index in [9.17, 15) is 8.42 Å². The van der Waals surface area contributed by atoms with E-state index in [0.717, 1.165) is 30.8 Å². The first-order valence-corrected chi connectivity index (χ1v) is 8.89. The van der Waals surface area contributed by atoms with Crippen LogP contribution in [0.25, 0.3) is 0 Å². The summed E-state index contributed by atoms with van der Waals surface area (Å²) < 4.78 is 30.0. The molecular formula is C15H26N2O3S. The standard InChI is InChI=1S/C15H26N2O3S/c1-4-5-11-20-15-8-6-14(7-9-15)13-16-10-12-21(18,19)17(2)3/h6-9,16H,4-5,10-13H2,1-3H3. The molecular weight excluding hydrogens is 288 g/mol. The van der Waals surface area contributed by atoms with Crippen molar-refractivity contribution in [3.8, 4) is 5.75 Å². The maximum Gasteiger partial charge on any atom is 0.214 e. The minimum Gasteiger partial charge on any atom is -0.494 e. The van der Waals surface area contributed by atoms with Crippen molar-refractivity contribution in [2.45, 2.75) is 26.3 Å². The van der Waals surface area contributed by atoms with Gasteiger partial charge in [-0.1, -0.05) is 25.5 Å². The average molecular weight is 314 g/mol. The number of rotatable bonds is 10. The Balaban J connectivity index is 2.30. The van der Waals surface area contributed by atoms with E-state index in [1.807, 2.05) is 24.3 Å². The molecule has 0 heterocycles. The van der Waals surface area contributed by atoms with E-state index < -0.39 is 10.0 Å². The van der Waals surface area contributed by atoms with Crippen molar-refractivity contribution in [3.63, 3.8) is 0 Å². The average Bonchev–Trinajstić information content (AvgIpc) is 2.45. The topological polar surface area (TPSA) is 58.6 Å². The van der Waals surface area contributed by atoms with Gasteiger partial charge < -0.3 is 10.1 Å². The smallest absolute Gasteiger partial charge is 0.214 e. The number of sulfonamides is 1. The normalized spacial score (nSPS) is 11.8. The number of nitrogens with one attached hydrogen (secondary N) is 1. The monoisotopic (exact) mass is 314 g/mol. The summed E-state index contributed by atoms with van der Waals surface area (Å²) in [5.41, 5.74) is 1.11. The van der Waals surface area contributed by atoms with Gasteiger partial charge in [0, 0.05) is 27.2 Å². The van der Waals surface area contributed by atoms with Gasteiger partial charge in [0.15, 0.2) is 0 Å². The molecule has 1 aromatic rings. The highest BCUT2D eigenvalue weighted by Crippen LogP contribution is 2.12. The van der Waals surface area contributed by atoms with Gasteiger partial charge >= 0.3 is 0 Å². The highest BCUT2D eigenvalue weighted by atomic mass is 32.2. The van der Waals surface area contributed by atoms with Crippen LogP contribution < -0.4 is 10.1 Å². The summed E-state index contributed by atoms with van der Waals surface area (Å²) >= 11 is 0. The number of unbranched alkanes of at least 4 members (excludes halogenated alkanes) is 1. The van der Waals surface area contributed by atoms with Crippen molar-refractivity contribution < 1.29 is 13.2 Å². The van der Waals surface area contributed by atoms with Crippen molar-refractivity contribution in [2.24, 2.45) is 0 Å². The Labute approximate surface area is 128 Å². The number of hydrogen-bond acceptors (Lipinski definition) is 4. The lowest BCUT2D eigenvalue weighted by Gasteiger charge is -2.11. The van der Waals surface area contributed by atoms with Gasteiger partial charge in [0.25, 0.3) is 0 Å². The molecule has 21 heavy (non-hydrogen) atoms. The summed E-state index contributed by atoms with van der Waals surface area (Å²) in [4.78, 5) is 0. The molecule has 0 spiro atoms. The highest BCUT2D eigenvalue weighted by Gasteiger charge is 2.12. The highest BCUT2D eigenvalue weighted by molar-refractivity contribution is 7.89. The third-order valence-corrected chi connectivity index (χ3v) is 4.94. The van der Waals surface area contributed by atoms with Crippen LogP contribution in [-0.4, -0.2) is 45.7 Å². The number of nitrogens with zero attached hydrogens (tertiary/aromatic N) is 1. The van der Waals surface area contributed by atoms with Crippen LogP contribution in [0.3, 0.4) is 0 Å². The molecule has 0 aromatic heterocycles. The van der Waals surface area contributed by atoms with E-state index in [1.165, 1.54) is 4.31 Å². The van der Waals surface area contributed by atoms with Crippen LogP contribution in [0, 0.1) is 0 Å². The zero-order valence-electron chi connectivity index (χ0n) is 13.1. The van der Waals surface area contributed by atoms with Crippen LogP contribution >= 0.6 is 0 Å². The molecule has 0 fully saturated rings. The van der Waals surface area contributed by atoms with Gasteiger partial charge in [-0.15, -0.1) is 0 Å². The summed E-state index contributed by atoms with van der Waals surface area (Å²) in [5, 5.41) is 3.14. The molecule has 0 atom stereocenters. The van der Waals surface area contributed by atoms with Gasteiger partial charge in [0.2, 0.25) is 10.0 Å². The number of benzene rings is 1. The van der Waals surface area contributed by atoms with E-state index in [4.69, 9.17) is 4.74 Å². The van der Waals surface area contributed by atoms with Crippen LogP contribution in [0.2, 0.25) is 0 Å². The van der Waals surface area contributed by atoms with Gasteiger partial charge in [-0.05, 0) is 24.1 Å². The Kier molecular flexibility index (Phi) is 7.71. The summed E-state index contributed by atoms with van der Waals surface area (Å²) in [6.07, 6.45) is 2.18. The minimum atomic E-state index is -3.12. The minimum absolute atomic E-state index is 0.109. The molecule has 0 aliphatic heterocycles. The van der Waals surface area contributed by atoms with Gasteiger partial charge in [0.05, 0.1) is 12.4 Å². The predicted molar refractivity (Wildman–Crippen MR) is 86.0 cm³/mol. The maximum atomic E-state index is 11.6. The van der Waals surface area contributed by atoms with Gasteiger partial charge in [-0.2, -0.15) is 0 Å². The van der Waals surface area contributed by atoms with E-state index in [-0.39, 0.29) is 5.75 Å². The molecule has 0 aliphatic rings. The molecule has 120 valence electrons. The quantitative estimate of drug-likeness (QED) is 0.670. The zero-order valence-corrected chi connectivity index (χ0v) is 13.9. The van der Waals surface area contributed by atoms with Crippen LogP contribution in [0.15, 0.2) is 24.3 Å². The fraction of sp³-hybridized carbons (Fsp3) is 0.600. The zero-order chi connectivity index (χ0) is 15.7.